The van der Waals surface area contributed by atoms with Crippen LogP contribution in [0, 0.1) is 19.7 Å². The molecule has 1 N–H and O–H groups in total. The minimum Gasteiger partial charge on any atom is -0.350 e. The van der Waals surface area contributed by atoms with E-state index in [0.29, 0.717) is 11.3 Å². The summed E-state index contributed by atoms with van der Waals surface area (Å²) in [4.78, 5) is 28.4. The lowest BCUT2D eigenvalue weighted by Crippen LogP contribution is -2.54. The van der Waals surface area contributed by atoms with Gasteiger partial charge in [0, 0.05) is 12.1 Å². The summed E-state index contributed by atoms with van der Waals surface area (Å²) in [5, 5.41) is 2.88. The molecule has 2 amide bonds. The Hall–Kier alpha value is -3.72. The molecule has 0 heterocycles. The molecule has 1 atom stereocenters. The van der Waals surface area contributed by atoms with E-state index < -0.39 is 39.9 Å². The molecule has 0 saturated carbocycles. The largest absolute Gasteiger partial charge is 0.350 e. The van der Waals surface area contributed by atoms with Gasteiger partial charge in [-0.1, -0.05) is 36.4 Å². The van der Waals surface area contributed by atoms with Gasteiger partial charge in [-0.25, -0.2) is 12.8 Å². The number of benzene rings is 3. The second kappa shape index (κ2) is 12.0. The van der Waals surface area contributed by atoms with Crippen LogP contribution in [-0.4, -0.2) is 43.3 Å². The van der Waals surface area contributed by atoms with Crippen LogP contribution in [0.4, 0.5) is 10.1 Å². The van der Waals surface area contributed by atoms with E-state index in [2.05, 4.69) is 5.32 Å². The highest BCUT2D eigenvalue weighted by Crippen LogP contribution is 2.26. The molecule has 0 aromatic heterocycles. The van der Waals surface area contributed by atoms with Gasteiger partial charge in [-0.2, -0.15) is 0 Å². The van der Waals surface area contributed by atoms with Crippen molar-refractivity contribution >= 4 is 27.5 Å². The summed E-state index contributed by atoms with van der Waals surface area (Å²) in [7, 11) is -4.13. The van der Waals surface area contributed by atoms with Crippen molar-refractivity contribution in [3.63, 3.8) is 0 Å². The van der Waals surface area contributed by atoms with Crippen LogP contribution in [0.3, 0.4) is 0 Å². The minimum atomic E-state index is -4.13. The first-order valence-corrected chi connectivity index (χ1v) is 14.1. The van der Waals surface area contributed by atoms with Crippen molar-refractivity contribution in [1.29, 1.82) is 0 Å². The number of rotatable bonds is 9. The number of carbonyl (C=O) groups excluding carboxylic acids is 2. The lowest BCUT2D eigenvalue weighted by atomic mass is 10.1. The number of hydrogen-bond acceptors (Lipinski definition) is 4. The number of hydrogen-bond donors (Lipinski definition) is 1. The normalized spacial score (nSPS) is 12.5. The Kier molecular flexibility index (Phi) is 9.17. The van der Waals surface area contributed by atoms with E-state index >= 15 is 0 Å². The van der Waals surface area contributed by atoms with Gasteiger partial charge < -0.3 is 10.2 Å². The Morgan fingerprint density at radius 2 is 1.54 bits per heavy atom. The van der Waals surface area contributed by atoms with Crippen molar-refractivity contribution in [2.75, 3.05) is 10.8 Å². The molecule has 0 saturated heterocycles. The summed E-state index contributed by atoms with van der Waals surface area (Å²) in [5.41, 5.74) is 2.24. The van der Waals surface area contributed by atoms with Crippen molar-refractivity contribution in [1.82, 2.24) is 10.2 Å². The van der Waals surface area contributed by atoms with Crippen LogP contribution < -0.4 is 9.62 Å². The molecular weight excluding hydrogens is 517 g/mol. The number of amides is 2. The van der Waals surface area contributed by atoms with E-state index in [0.717, 1.165) is 15.4 Å². The third kappa shape index (κ3) is 7.66. The molecule has 0 aliphatic carbocycles. The molecule has 0 fully saturated rings. The van der Waals surface area contributed by atoms with Gasteiger partial charge in [0.2, 0.25) is 11.8 Å². The maximum absolute atomic E-state index is 13.9. The topological polar surface area (TPSA) is 86.8 Å². The molecule has 0 unspecified atom stereocenters. The van der Waals surface area contributed by atoms with Gasteiger partial charge in [0.05, 0.1) is 10.6 Å². The molecular formula is C30H36FN3O4S. The Bertz CT molecular complexity index is 1420. The third-order valence-electron chi connectivity index (χ3n) is 6.32. The first-order valence-electron chi connectivity index (χ1n) is 12.7. The highest BCUT2D eigenvalue weighted by atomic mass is 32.2. The summed E-state index contributed by atoms with van der Waals surface area (Å²) in [6, 6.07) is 17.8. The average molecular weight is 554 g/mol. The highest BCUT2D eigenvalue weighted by molar-refractivity contribution is 7.92. The number of carbonyl (C=O) groups is 2. The second-order valence-corrected chi connectivity index (χ2v) is 12.5. The van der Waals surface area contributed by atoms with Crippen LogP contribution in [0.15, 0.2) is 77.7 Å². The van der Waals surface area contributed by atoms with Crippen LogP contribution in [-0.2, 0) is 26.2 Å². The molecule has 7 nitrogen and oxygen atoms in total. The zero-order valence-electron chi connectivity index (χ0n) is 23.2. The fourth-order valence-corrected chi connectivity index (χ4v) is 5.40. The number of nitrogens with zero attached hydrogens (tertiary/aromatic N) is 2. The lowest BCUT2D eigenvalue weighted by molar-refractivity contribution is -0.140. The minimum absolute atomic E-state index is 0.00993. The first kappa shape index (κ1) is 29.8. The SMILES string of the molecule is Cc1ccc(N(CC(=O)N(Cc2ccc(F)cc2)[C@@H](C)C(=O)NC(C)(C)C)S(=O)(=O)c2ccccc2)cc1C. The van der Waals surface area contributed by atoms with Gasteiger partial charge in [-0.05, 0) is 94.6 Å². The fraction of sp³-hybridized carbons (Fsp3) is 0.333. The van der Waals surface area contributed by atoms with Crippen molar-refractivity contribution in [2.45, 2.75) is 64.6 Å². The molecule has 208 valence electrons. The van der Waals surface area contributed by atoms with Gasteiger partial charge >= 0.3 is 0 Å². The van der Waals surface area contributed by atoms with Gasteiger partial charge in [0.15, 0.2) is 0 Å². The highest BCUT2D eigenvalue weighted by Gasteiger charge is 2.33. The zero-order valence-corrected chi connectivity index (χ0v) is 24.0. The summed E-state index contributed by atoms with van der Waals surface area (Å²) in [6.07, 6.45) is 0. The van der Waals surface area contributed by atoms with Gasteiger partial charge in [-0.15, -0.1) is 0 Å². The van der Waals surface area contributed by atoms with Gasteiger partial charge in [-0.3, -0.25) is 13.9 Å². The predicted molar refractivity (Wildman–Crippen MR) is 151 cm³/mol. The quantitative estimate of drug-likeness (QED) is 0.405. The fourth-order valence-electron chi connectivity index (χ4n) is 3.97. The van der Waals surface area contributed by atoms with Gasteiger partial charge in [0.1, 0.15) is 18.4 Å². The molecule has 39 heavy (non-hydrogen) atoms. The van der Waals surface area contributed by atoms with Crippen molar-refractivity contribution in [2.24, 2.45) is 0 Å². The molecule has 3 aromatic rings. The van der Waals surface area contributed by atoms with Crippen molar-refractivity contribution in [3.05, 3.63) is 95.3 Å². The Morgan fingerprint density at radius 1 is 0.923 bits per heavy atom. The van der Waals surface area contributed by atoms with E-state index in [4.69, 9.17) is 0 Å². The molecule has 0 radical (unpaired) electrons. The number of aryl methyl sites for hydroxylation is 2. The number of sulfonamides is 1. The summed E-state index contributed by atoms with van der Waals surface area (Å²) in [5.74, 6) is -1.39. The zero-order chi connectivity index (χ0) is 29.0. The lowest BCUT2D eigenvalue weighted by Gasteiger charge is -2.33. The van der Waals surface area contributed by atoms with E-state index in [9.17, 15) is 22.4 Å². The molecule has 0 aliphatic rings. The van der Waals surface area contributed by atoms with Crippen molar-refractivity contribution < 1.29 is 22.4 Å². The Balaban J connectivity index is 2.04. The number of nitrogens with one attached hydrogen (secondary N) is 1. The second-order valence-electron chi connectivity index (χ2n) is 10.7. The molecule has 0 bridgehead atoms. The molecule has 0 aliphatic heterocycles. The summed E-state index contributed by atoms with van der Waals surface area (Å²) < 4.78 is 42.2. The monoisotopic (exact) mass is 553 g/mol. The van der Waals surface area contributed by atoms with E-state index in [1.807, 2.05) is 34.6 Å². The van der Waals surface area contributed by atoms with E-state index in [1.54, 1.807) is 43.3 Å². The third-order valence-corrected chi connectivity index (χ3v) is 8.11. The smallest absolute Gasteiger partial charge is 0.264 e. The molecule has 3 rings (SSSR count). The van der Waals surface area contributed by atoms with Crippen LogP contribution in [0.1, 0.15) is 44.4 Å². The average Bonchev–Trinajstić information content (AvgIpc) is 2.87. The van der Waals surface area contributed by atoms with E-state index in [-0.39, 0.29) is 17.3 Å². The predicted octanol–water partition coefficient (Wildman–Crippen LogP) is 4.97. The number of anilines is 1. The molecule has 9 heteroatoms. The van der Waals surface area contributed by atoms with Crippen LogP contribution in [0.2, 0.25) is 0 Å². The Labute approximate surface area is 230 Å². The van der Waals surface area contributed by atoms with E-state index in [1.165, 1.54) is 41.3 Å². The van der Waals surface area contributed by atoms with Crippen molar-refractivity contribution in [3.8, 4) is 0 Å². The summed E-state index contributed by atoms with van der Waals surface area (Å²) in [6.45, 7) is 10.3. The Morgan fingerprint density at radius 3 is 2.10 bits per heavy atom. The maximum atomic E-state index is 13.9. The first-order chi connectivity index (χ1) is 18.2. The standard InChI is InChI=1S/C30H36FN3O4S/c1-21-12-17-26(18-22(21)2)34(39(37,38)27-10-8-7-9-11-27)20-28(35)33(19-24-13-15-25(31)16-14-24)23(3)29(36)32-30(4,5)6/h7-18,23H,19-20H2,1-6H3,(H,32,36)/t23-/m0/s1. The molecule has 3 aromatic carbocycles. The van der Waals surface area contributed by atoms with Gasteiger partial charge in [0.25, 0.3) is 10.0 Å². The van der Waals surface area contributed by atoms with Crippen LogP contribution in [0.5, 0.6) is 0 Å². The maximum Gasteiger partial charge on any atom is 0.264 e. The van der Waals surface area contributed by atoms with Crippen LogP contribution >= 0.6 is 0 Å². The summed E-state index contributed by atoms with van der Waals surface area (Å²) >= 11 is 0. The molecule has 0 spiro atoms. The van der Waals surface area contributed by atoms with Crippen LogP contribution in [0.25, 0.3) is 0 Å². The number of halogens is 1.